The Bertz CT molecular complexity index is 618. The first-order valence-corrected chi connectivity index (χ1v) is 6.64. The summed E-state index contributed by atoms with van der Waals surface area (Å²) in [5.74, 6) is -0.880. The fourth-order valence-electron chi connectivity index (χ4n) is 2.80. The molecule has 0 spiro atoms. The highest BCUT2D eigenvalue weighted by molar-refractivity contribution is 5.98. The zero-order chi connectivity index (χ0) is 13.2. The molecule has 0 aromatic heterocycles. The molecule has 3 rings (SSSR count). The van der Waals surface area contributed by atoms with Crippen LogP contribution in [-0.4, -0.2) is 35.0 Å². The van der Waals surface area contributed by atoms with Crippen molar-refractivity contribution in [2.45, 2.75) is 25.4 Å². The summed E-state index contributed by atoms with van der Waals surface area (Å²) < 4.78 is 5.80. The molecule has 0 aliphatic carbocycles. The van der Waals surface area contributed by atoms with Crippen molar-refractivity contribution in [2.24, 2.45) is 0 Å². The lowest BCUT2D eigenvalue weighted by Crippen LogP contribution is -2.15. The van der Waals surface area contributed by atoms with Crippen LogP contribution in [0.4, 0.5) is 0 Å². The lowest BCUT2D eigenvalue weighted by Gasteiger charge is -2.25. The number of carboxylic acid groups (broad SMARTS) is 1. The number of fused-ring (bicyclic) bond motifs is 1. The standard InChI is InChI=1S/C16H16O3.Al.3H/c17-16(18)13-9-8-11-5-1-2-6-12(11)15(13)14-7-3-4-10-19-14;;;;/h1-2,5-6,8-9,14H,3-4,7,10H2,(H,17,18);;;;. The molecule has 1 aliphatic rings. The van der Waals surface area contributed by atoms with Crippen LogP contribution in [-0.2, 0) is 4.74 Å². The Morgan fingerprint density at radius 1 is 1.15 bits per heavy atom. The molecule has 2 aromatic rings. The molecule has 3 nitrogen and oxygen atoms in total. The fraction of sp³-hybridized carbons (Fsp3) is 0.312. The van der Waals surface area contributed by atoms with Gasteiger partial charge in [-0.15, -0.1) is 0 Å². The van der Waals surface area contributed by atoms with Crippen molar-refractivity contribution < 1.29 is 14.6 Å². The second-order valence-corrected chi connectivity index (χ2v) is 4.91. The Kier molecular flexibility index (Phi) is 4.83. The summed E-state index contributed by atoms with van der Waals surface area (Å²) >= 11 is 0. The molecule has 1 atom stereocenters. The van der Waals surface area contributed by atoms with Gasteiger partial charge in [0.1, 0.15) is 0 Å². The van der Waals surface area contributed by atoms with Crippen molar-refractivity contribution in [1.29, 1.82) is 0 Å². The first-order chi connectivity index (χ1) is 9.27. The third kappa shape index (κ3) is 2.73. The average Bonchev–Trinajstić information content (AvgIpc) is 2.46. The van der Waals surface area contributed by atoms with Gasteiger partial charge in [0.2, 0.25) is 0 Å². The van der Waals surface area contributed by atoms with E-state index in [0.717, 1.165) is 35.6 Å². The molecule has 1 saturated heterocycles. The smallest absolute Gasteiger partial charge is 0.336 e. The third-order valence-corrected chi connectivity index (χ3v) is 3.70. The van der Waals surface area contributed by atoms with E-state index in [9.17, 15) is 9.90 Å². The number of carbonyl (C=O) groups is 1. The van der Waals surface area contributed by atoms with Gasteiger partial charge in [0.05, 0.1) is 11.7 Å². The molecule has 20 heavy (non-hydrogen) atoms. The summed E-state index contributed by atoms with van der Waals surface area (Å²) in [5.41, 5.74) is 1.20. The summed E-state index contributed by atoms with van der Waals surface area (Å²) in [4.78, 5) is 11.5. The fourth-order valence-corrected chi connectivity index (χ4v) is 2.80. The van der Waals surface area contributed by atoms with Crippen LogP contribution in [0.3, 0.4) is 0 Å². The van der Waals surface area contributed by atoms with Crippen LogP contribution >= 0.6 is 0 Å². The van der Waals surface area contributed by atoms with Crippen molar-refractivity contribution in [1.82, 2.24) is 0 Å². The van der Waals surface area contributed by atoms with E-state index in [-0.39, 0.29) is 23.5 Å². The molecule has 1 aliphatic heterocycles. The molecule has 0 saturated carbocycles. The molecule has 0 radical (unpaired) electrons. The van der Waals surface area contributed by atoms with Crippen LogP contribution in [0.5, 0.6) is 0 Å². The molecule has 0 bridgehead atoms. The SMILES string of the molecule is O=C(O)c1ccc2ccccc2c1C1CCCCO1.[AlH3]. The van der Waals surface area contributed by atoms with Crippen LogP contribution in [0, 0.1) is 0 Å². The van der Waals surface area contributed by atoms with Gasteiger partial charge in [0.25, 0.3) is 0 Å². The summed E-state index contributed by atoms with van der Waals surface area (Å²) in [7, 11) is 0. The molecule has 1 fully saturated rings. The van der Waals surface area contributed by atoms with Gasteiger partial charge in [-0.1, -0.05) is 30.3 Å². The van der Waals surface area contributed by atoms with Crippen LogP contribution in [0.25, 0.3) is 10.8 Å². The highest BCUT2D eigenvalue weighted by Gasteiger charge is 2.24. The van der Waals surface area contributed by atoms with E-state index < -0.39 is 5.97 Å². The Hall–Kier alpha value is -1.34. The van der Waals surface area contributed by atoms with Crippen molar-refractivity contribution in [2.75, 3.05) is 6.61 Å². The topological polar surface area (TPSA) is 46.5 Å². The number of ether oxygens (including phenoxy) is 1. The van der Waals surface area contributed by atoms with E-state index in [1.807, 2.05) is 30.3 Å². The number of benzene rings is 2. The van der Waals surface area contributed by atoms with E-state index in [1.165, 1.54) is 0 Å². The minimum atomic E-state index is -0.880. The third-order valence-electron chi connectivity index (χ3n) is 3.70. The van der Waals surface area contributed by atoms with E-state index in [1.54, 1.807) is 6.07 Å². The average molecular weight is 286 g/mol. The lowest BCUT2D eigenvalue weighted by atomic mass is 9.91. The number of aromatic carboxylic acids is 1. The lowest BCUT2D eigenvalue weighted by molar-refractivity contribution is 0.0148. The summed E-state index contributed by atoms with van der Waals surface area (Å²) in [5, 5.41) is 11.5. The zero-order valence-electron chi connectivity index (χ0n) is 10.6. The second kappa shape index (κ2) is 6.41. The van der Waals surface area contributed by atoms with Gasteiger partial charge in [0.15, 0.2) is 17.4 Å². The normalized spacial score (nSPS) is 18.5. The predicted octanol–water partition coefficient (Wildman–Crippen LogP) is 2.60. The largest absolute Gasteiger partial charge is 0.478 e. The monoisotopic (exact) mass is 286 g/mol. The van der Waals surface area contributed by atoms with Gasteiger partial charge in [0, 0.05) is 12.2 Å². The predicted molar refractivity (Wildman–Crippen MR) is 83.4 cm³/mol. The van der Waals surface area contributed by atoms with Crippen LogP contribution < -0.4 is 0 Å². The molecular weight excluding hydrogens is 267 g/mol. The maximum Gasteiger partial charge on any atom is 0.336 e. The van der Waals surface area contributed by atoms with Gasteiger partial charge < -0.3 is 9.84 Å². The highest BCUT2D eigenvalue weighted by atomic mass is 27.0. The van der Waals surface area contributed by atoms with E-state index in [4.69, 9.17) is 4.74 Å². The molecule has 0 amide bonds. The quantitative estimate of drug-likeness (QED) is 0.863. The second-order valence-electron chi connectivity index (χ2n) is 4.91. The Balaban J connectivity index is 0.00000147. The summed E-state index contributed by atoms with van der Waals surface area (Å²) in [6, 6.07) is 11.5. The van der Waals surface area contributed by atoms with Gasteiger partial charge in [-0.25, -0.2) is 4.79 Å². The van der Waals surface area contributed by atoms with E-state index in [0.29, 0.717) is 12.2 Å². The molecule has 4 heteroatoms. The van der Waals surface area contributed by atoms with Crippen LogP contribution in [0.1, 0.15) is 41.3 Å². The summed E-state index contributed by atoms with van der Waals surface area (Å²) in [6.07, 6.45) is 2.95. The van der Waals surface area contributed by atoms with Crippen LogP contribution in [0.15, 0.2) is 36.4 Å². The molecule has 1 N–H and O–H groups in total. The van der Waals surface area contributed by atoms with Gasteiger partial charge >= 0.3 is 5.97 Å². The van der Waals surface area contributed by atoms with Gasteiger partial charge in [-0.3, -0.25) is 0 Å². The Morgan fingerprint density at radius 3 is 2.65 bits per heavy atom. The molecule has 1 unspecified atom stereocenters. The van der Waals surface area contributed by atoms with Gasteiger partial charge in [-0.2, -0.15) is 0 Å². The first kappa shape index (κ1) is 15.1. The van der Waals surface area contributed by atoms with Crippen LogP contribution in [0.2, 0.25) is 0 Å². The molecule has 2 aromatic carbocycles. The maximum atomic E-state index is 11.5. The van der Waals surface area contributed by atoms with Gasteiger partial charge in [-0.05, 0) is 36.1 Å². The Labute approximate surface area is 128 Å². The van der Waals surface area contributed by atoms with Crippen molar-refractivity contribution >= 4 is 34.1 Å². The number of rotatable bonds is 2. The maximum absolute atomic E-state index is 11.5. The van der Waals surface area contributed by atoms with E-state index >= 15 is 0 Å². The first-order valence-electron chi connectivity index (χ1n) is 6.64. The minimum Gasteiger partial charge on any atom is -0.478 e. The minimum absolute atomic E-state index is 0. The number of carboxylic acids is 1. The Morgan fingerprint density at radius 2 is 1.95 bits per heavy atom. The van der Waals surface area contributed by atoms with E-state index in [2.05, 4.69) is 0 Å². The molecular formula is C16H19AlO3. The summed E-state index contributed by atoms with van der Waals surface area (Å²) in [6.45, 7) is 0.715. The zero-order valence-corrected chi connectivity index (χ0v) is 10.6. The van der Waals surface area contributed by atoms with Crippen molar-refractivity contribution in [3.8, 4) is 0 Å². The highest BCUT2D eigenvalue weighted by Crippen LogP contribution is 2.35. The number of hydrogen-bond donors (Lipinski definition) is 1. The van der Waals surface area contributed by atoms with Crippen molar-refractivity contribution in [3.63, 3.8) is 0 Å². The molecule has 1 heterocycles. The molecule has 104 valence electrons. The number of hydrogen-bond acceptors (Lipinski definition) is 2. The van der Waals surface area contributed by atoms with Crippen molar-refractivity contribution in [3.05, 3.63) is 47.5 Å².